The van der Waals surface area contributed by atoms with Gasteiger partial charge < -0.3 is 9.52 Å². The second-order valence-electron chi connectivity index (χ2n) is 4.77. The zero-order valence-corrected chi connectivity index (χ0v) is 9.80. The van der Waals surface area contributed by atoms with Crippen molar-refractivity contribution in [3.05, 3.63) is 42.3 Å². The second-order valence-corrected chi connectivity index (χ2v) is 4.77. The van der Waals surface area contributed by atoms with Crippen LogP contribution in [0.2, 0.25) is 0 Å². The Balaban J connectivity index is 1.95. The Morgan fingerprint density at radius 3 is 2.89 bits per heavy atom. The maximum absolute atomic E-state index is 10.9. The first-order chi connectivity index (χ1) is 8.70. The van der Waals surface area contributed by atoms with Crippen molar-refractivity contribution < 1.29 is 14.3 Å². The van der Waals surface area contributed by atoms with Crippen molar-refractivity contribution in [2.24, 2.45) is 0 Å². The first-order valence-corrected chi connectivity index (χ1v) is 5.92. The molecule has 0 amide bonds. The molecule has 1 aliphatic carbocycles. The minimum atomic E-state index is -0.742. The van der Waals surface area contributed by atoms with E-state index in [1.165, 1.54) is 6.26 Å². The van der Waals surface area contributed by atoms with Crippen LogP contribution in [0.25, 0.3) is 11.5 Å². The molecule has 4 nitrogen and oxygen atoms in total. The Bertz CT molecular complexity index is 570. The number of nitrogens with zero attached hydrogens (tertiary/aromatic N) is 1. The third kappa shape index (κ3) is 1.90. The van der Waals surface area contributed by atoms with Gasteiger partial charge in [0.15, 0.2) is 0 Å². The van der Waals surface area contributed by atoms with E-state index in [0.717, 1.165) is 24.0 Å². The standard InChI is InChI=1S/C14H13NO3/c16-12(17)9-14(4-5-14)11-3-1-2-10(8-11)13-15-6-7-18-13/h1-3,6-8H,4-5,9H2,(H,16,17). The van der Waals surface area contributed by atoms with Crippen LogP contribution in [0.1, 0.15) is 24.8 Å². The molecule has 1 heterocycles. The smallest absolute Gasteiger partial charge is 0.304 e. The van der Waals surface area contributed by atoms with E-state index in [4.69, 9.17) is 9.52 Å². The summed E-state index contributed by atoms with van der Waals surface area (Å²) < 4.78 is 5.26. The maximum atomic E-state index is 10.9. The Kier molecular flexibility index (Phi) is 2.44. The first-order valence-electron chi connectivity index (χ1n) is 5.92. The van der Waals surface area contributed by atoms with Gasteiger partial charge in [-0.2, -0.15) is 0 Å². The third-order valence-corrected chi connectivity index (χ3v) is 3.50. The molecule has 0 aliphatic heterocycles. The van der Waals surface area contributed by atoms with Crippen LogP contribution in [0.15, 0.2) is 41.1 Å². The predicted molar refractivity (Wildman–Crippen MR) is 65.1 cm³/mol. The molecule has 0 atom stereocenters. The molecule has 1 aromatic carbocycles. The van der Waals surface area contributed by atoms with Gasteiger partial charge in [0, 0.05) is 11.0 Å². The number of carboxylic acids is 1. The summed E-state index contributed by atoms with van der Waals surface area (Å²) in [6.45, 7) is 0. The van der Waals surface area contributed by atoms with Gasteiger partial charge in [-0.25, -0.2) is 4.98 Å². The monoisotopic (exact) mass is 243 g/mol. The molecule has 0 saturated heterocycles. The lowest BCUT2D eigenvalue weighted by atomic mass is 9.91. The molecular weight excluding hydrogens is 230 g/mol. The summed E-state index contributed by atoms with van der Waals surface area (Å²) in [5.41, 5.74) is 1.80. The molecule has 2 aromatic rings. The second kappa shape index (κ2) is 3.98. The van der Waals surface area contributed by atoms with Crippen molar-refractivity contribution in [2.45, 2.75) is 24.7 Å². The fourth-order valence-electron chi connectivity index (χ4n) is 2.36. The van der Waals surface area contributed by atoms with Crippen LogP contribution in [0.3, 0.4) is 0 Å². The predicted octanol–water partition coefficient (Wildman–Crippen LogP) is 2.85. The van der Waals surface area contributed by atoms with Crippen LogP contribution >= 0.6 is 0 Å². The van der Waals surface area contributed by atoms with Crippen molar-refractivity contribution >= 4 is 5.97 Å². The summed E-state index contributed by atoms with van der Waals surface area (Å²) in [4.78, 5) is 15.0. The SMILES string of the molecule is O=C(O)CC1(c2cccc(-c3ncco3)c2)CC1. The van der Waals surface area contributed by atoms with Gasteiger partial charge in [-0.15, -0.1) is 0 Å². The van der Waals surface area contributed by atoms with E-state index in [1.807, 2.05) is 24.3 Å². The van der Waals surface area contributed by atoms with E-state index in [1.54, 1.807) is 6.20 Å². The van der Waals surface area contributed by atoms with Crippen molar-refractivity contribution in [1.29, 1.82) is 0 Å². The minimum absolute atomic E-state index is 0.172. The lowest BCUT2D eigenvalue weighted by molar-refractivity contribution is -0.137. The topological polar surface area (TPSA) is 63.3 Å². The van der Waals surface area contributed by atoms with Crippen LogP contribution in [0.5, 0.6) is 0 Å². The molecule has 0 spiro atoms. The number of benzene rings is 1. The molecular formula is C14H13NO3. The summed E-state index contributed by atoms with van der Waals surface area (Å²) in [5.74, 6) is -0.169. The van der Waals surface area contributed by atoms with E-state index < -0.39 is 5.97 Å². The van der Waals surface area contributed by atoms with Crippen molar-refractivity contribution in [3.63, 3.8) is 0 Å². The zero-order chi connectivity index (χ0) is 12.6. The average molecular weight is 243 g/mol. The highest BCUT2D eigenvalue weighted by Crippen LogP contribution is 2.51. The molecule has 92 valence electrons. The van der Waals surface area contributed by atoms with Crippen molar-refractivity contribution in [3.8, 4) is 11.5 Å². The van der Waals surface area contributed by atoms with Gasteiger partial charge in [0.25, 0.3) is 0 Å². The summed E-state index contributed by atoms with van der Waals surface area (Å²) >= 11 is 0. The van der Waals surface area contributed by atoms with E-state index in [-0.39, 0.29) is 11.8 Å². The highest BCUT2D eigenvalue weighted by Gasteiger charge is 2.46. The fourth-order valence-corrected chi connectivity index (χ4v) is 2.36. The van der Waals surface area contributed by atoms with Gasteiger partial charge in [-0.05, 0) is 30.5 Å². The molecule has 0 radical (unpaired) electrons. The van der Waals surface area contributed by atoms with Crippen molar-refractivity contribution in [1.82, 2.24) is 4.98 Å². The minimum Gasteiger partial charge on any atom is -0.481 e. The molecule has 1 N–H and O–H groups in total. The summed E-state index contributed by atoms with van der Waals surface area (Å²) in [6, 6.07) is 7.83. The third-order valence-electron chi connectivity index (χ3n) is 3.50. The lowest BCUT2D eigenvalue weighted by Gasteiger charge is -2.13. The number of rotatable bonds is 4. The number of carbonyl (C=O) groups is 1. The van der Waals surface area contributed by atoms with Gasteiger partial charge in [0.05, 0.1) is 12.6 Å². The molecule has 18 heavy (non-hydrogen) atoms. The van der Waals surface area contributed by atoms with Crippen LogP contribution in [0.4, 0.5) is 0 Å². The summed E-state index contributed by atoms with van der Waals surface area (Å²) in [7, 11) is 0. The fraction of sp³-hybridized carbons (Fsp3) is 0.286. The number of hydrogen-bond donors (Lipinski definition) is 1. The largest absolute Gasteiger partial charge is 0.481 e. The molecule has 1 aliphatic rings. The van der Waals surface area contributed by atoms with E-state index in [9.17, 15) is 4.79 Å². The Hall–Kier alpha value is -2.10. The van der Waals surface area contributed by atoms with Crippen LogP contribution < -0.4 is 0 Å². The van der Waals surface area contributed by atoms with Gasteiger partial charge in [0.1, 0.15) is 6.26 Å². The van der Waals surface area contributed by atoms with Crippen LogP contribution in [0, 0.1) is 0 Å². The molecule has 4 heteroatoms. The van der Waals surface area contributed by atoms with Gasteiger partial charge >= 0.3 is 5.97 Å². The number of oxazole rings is 1. The highest BCUT2D eigenvalue weighted by atomic mass is 16.4. The average Bonchev–Trinajstić information content (AvgIpc) is 2.93. The molecule has 1 fully saturated rings. The molecule has 3 rings (SSSR count). The lowest BCUT2D eigenvalue weighted by Crippen LogP contribution is -2.12. The van der Waals surface area contributed by atoms with Gasteiger partial charge in [-0.1, -0.05) is 12.1 Å². The maximum Gasteiger partial charge on any atom is 0.304 e. The first kappa shape index (κ1) is 11.0. The van der Waals surface area contributed by atoms with Crippen molar-refractivity contribution in [2.75, 3.05) is 0 Å². The molecule has 0 bridgehead atoms. The van der Waals surface area contributed by atoms with Crippen LogP contribution in [-0.2, 0) is 10.2 Å². The number of carboxylic acid groups (broad SMARTS) is 1. The summed E-state index contributed by atoms with van der Waals surface area (Å²) in [5, 5.41) is 8.97. The summed E-state index contributed by atoms with van der Waals surface area (Å²) in [6.07, 6.45) is 5.21. The van der Waals surface area contributed by atoms with Gasteiger partial charge in [-0.3, -0.25) is 4.79 Å². The Labute approximate surface area is 104 Å². The molecule has 0 unspecified atom stereocenters. The Morgan fingerprint density at radius 2 is 2.28 bits per heavy atom. The quantitative estimate of drug-likeness (QED) is 0.896. The zero-order valence-electron chi connectivity index (χ0n) is 9.80. The number of aliphatic carboxylic acids is 1. The number of hydrogen-bond acceptors (Lipinski definition) is 3. The highest BCUT2D eigenvalue weighted by molar-refractivity contribution is 5.70. The van der Waals surface area contributed by atoms with Crippen LogP contribution in [-0.4, -0.2) is 16.1 Å². The normalized spacial score (nSPS) is 16.4. The molecule has 1 saturated carbocycles. The number of aromatic nitrogens is 1. The van der Waals surface area contributed by atoms with Gasteiger partial charge in [0.2, 0.25) is 5.89 Å². The Morgan fingerprint density at radius 1 is 1.44 bits per heavy atom. The van der Waals surface area contributed by atoms with E-state index >= 15 is 0 Å². The van der Waals surface area contributed by atoms with E-state index in [0.29, 0.717) is 5.89 Å². The molecule has 1 aromatic heterocycles. The van der Waals surface area contributed by atoms with E-state index in [2.05, 4.69) is 4.98 Å².